The van der Waals surface area contributed by atoms with Gasteiger partial charge in [0.05, 0.1) is 23.4 Å². The second kappa shape index (κ2) is 11.8. The Balaban J connectivity index is 1.53. The molecule has 2 N–H and O–H groups in total. The van der Waals surface area contributed by atoms with E-state index in [0.717, 1.165) is 50.6 Å². The first-order chi connectivity index (χ1) is 20.3. The normalized spacial score (nSPS) is 16.6. The Morgan fingerprint density at radius 1 is 1.00 bits per heavy atom. The van der Waals surface area contributed by atoms with Crippen LogP contribution in [0.3, 0.4) is 0 Å². The number of hydrogen-bond donors (Lipinski definition) is 2. The van der Waals surface area contributed by atoms with Crippen molar-refractivity contribution >= 4 is 43.3 Å². The van der Waals surface area contributed by atoms with Gasteiger partial charge in [-0.05, 0) is 50.8 Å². The number of aliphatic imine (C=N–C) groups is 1. The second-order valence-corrected chi connectivity index (χ2v) is 14.7. The molecule has 1 aromatic heterocycles. The molecule has 1 amide bonds. The molecule has 1 aliphatic carbocycles. The van der Waals surface area contributed by atoms with E-state index in [4.69, 9.17) is 9.52 Å². The van der Waals surface area contributed by atoms with E-state index in [1.165, 1.54) is 6.07 Å². The highest BCUT2D eigenvalue weighted by molar-refractivity contribution is 7.93. The lowest BCUT2D eigenvalue weighted by Crippen LogP contribution is -2.40. The molecule has 3 aromatic rings. The van der Waals surface area contributed by atoms with Crippen molar-refractivity contribution in [2.75, 3.05) is 15.7 Å². The summed E-state index contributed by atoms with van der Waals surface area (Å²) >= 11 is 0. The maximum atomic E-state index is 13.7. The average molecular weight is 628 g/mol. The Kier molecular flexibility index (Phi) is 8.41. The molecule has 11 nitrogen and oxygen atoms in total. The van der Waals surface area contributed by atoms with Crippen molar-refractivity contribution in [2.24, 2.45) is 4.99 Å². The van der Waals surface area contributed by atoms with Gasteiger partial charge in [-0.25, -0.2) is 16.8 Å². The number of benzene rings is 2. The lowest BCUT2D eigenvalue weighted by molar-refractivity contribution is -0.131. The molecular formula is C30H37N5O6S2. The highest BCUT2D eigenvalue weighted by Gasteiger charge is 2.49. The molecule has 0 unspecified atom stereocenters. The van der Waals surface area contributed by atoms with E-state index < -0.39 is 25.6 Å². The highest BCUT2D eigenvalue weighted by Crippen LogP contribution is 2.41. The Hall–Kier alpha value is -3.71. The largest absolute Gasteiger partial charge is 0.359 e. The molecular weight excluding hydrogens is 590 g/mol. The molecule has 0 radical (unpaired) electrons. The molecule has 1 spiro atoms. The van der Waals surface area contributed by atoms with Crippen LogP contribution in [0.4, 0.5) is 11.5 Å². The molecule has 43 heavy (non-hydrogen) atoms. The van der Waals surface area contributed by atoms with E-state index in [-0.39, 0.29) is 34.4 Å². The van der Waals surface area contributed by atoms with Gasteiger partial charge in [0.2, 0.25) is 10.0 Å². The van der Waals surface area contributed by atoms with Crippen molar-refractivity contribution < 1.29 is 26.2 Å². The number of carbonyl (C=O) groups is 1. The number of carbonyl (C=O) groups excluding carboxylic acids is 1. The number of anilines is 2. The summed E-state index contributed by atoms with van der Waals surface area (Å²) in [5.74, 6) is 1.34. The van der Waals surface area contributed by atoms with Crippen molar-refractivity contribution in [2.45, 2.75) is 82.7 Å². The number of hydrogen-bond acceptors (Lipinski definition) is 8. The second-order valence-electron chi connectivity index (χ2n) is 11.3. The smallest absolute Gasteiger partial charge is 0.263 e. The Morgan fingerprint density at radius 3 is 2.37 bits per heavy atom. The van der Waals surface area contributed by atoms with E-state index >= 15 is 0 Å². The van der Waals surface area contributed by atoms with E-state index in [2.05, 4.69) is 21.5 Å². The number of amides is 1. The standard InChI is InChI=1S/C30H37N5O6S2/c1-5-6-13-27-31-30(16-9-10-17-30)29(36)35(27)19-22-14-15-23(25(18-22)33-42(4,37)38)24-11-7-8-12-26(24)43(39,40)34-28-20(2)21(3)41-32-28/h7-8,11-12,14-15,18,33H,5-6,9-10,13,16-17,19H2,1-4H3,(H,32,34). The number of aryl methyl sites for hydroxylation is 1. The van der Waals surface area contributed by atoms with Crippen LogP contribution in [0.25, 0.3) is 11.1 Å². The summed E-state index contributed by atoms with van der Waals surface area (Å²) in [7, 11) is -7.89. The Labute approximate surface area is 252 Å². The number of aromatic nitrogens is 1. The quantitative estimate of drug-likeness (QED) is 0.290. The lowest BCUT2D eigenvalue weighted by Gasteiger charge is -2.23. The summed E-state index contributed by atoms with van der Waals surface area (Å²) in [5, 5.41) is 3.81. The predicted molar refractivity (Wildman–Crippen MR) is 166 cm³/mol. The van der Waals surface area contributed by atoms with E-state index in [0.29, 0.717) is 28.9 Å². The minimum atomic E-state index is -4.15. The molecule has 1 saturated carbocycles. The fraction of sp³-hybridized carbons (Fsp3) is 0.433. The first kappa shape index (κ1) is 30.7. The predicted octanol–water partition coefficient (Wildman–Crippen LogP) is 5.37. The number of amidine groups is 1. The molecule has 1 aliphatic heterocycles. The van der Waals surface area contributed by atoms with Crippen LogP contribution in [0.15, 0.2) is 56.9 Å². The van der Waals surface area contributed by atoms with E-state index in [1.54, 1.807) is 55.1 Å². The monoisotopic (exact) mass is 627 g/mol. The minimum absolute atomic E-state index is 0.00120. The van der Waals surface area contributed by atoms with E-state index in [1.807, 2.05) is 0 Å². The van der Waals surface area contributed by atoms with Gasteiger partial charge in [-0.15, -0.1) is 0 Å². The lowest BCUT2D eigenvalue weighted by atomic mass is 9.97. The molecule has 2 heterocycles. The van der Waals surface area contributed by atoms with Crippen LogP contribution in [-0.4, -0.2) is 50.4 Å². The summed E-state index contributed by atoms with van der Waals surface area (Å²) in [4.78, 5) is 20.3. The minimum Gasteiger partial charge on any atom is -0.359 e. The number of nitrogens with zero attached hydrogens (tertiary/aromatic N) is 3. The van der Waals surface area contributed by atoms with Crippen LogP contribution in [0.2, 0.25) is 0 Å². The van der Waals surface area contributed by atoms with Crippen molar-refractivity contribution in [3.63, 3.8) is 0 Å². The zero-order valence-electron chi connectivity index (χ0n) is 24.8. The molecule has 5 rings (SSSR count). The highest BCUT2D eigenvalue weighted by atomic mass is 32.2. The van der Waals surface area contributed by atoms with Crippen LogP contribution in [0, 0.1) is 13.8 Å². The van der Waals surface area contributed by atoms with Crippen LogP contribution in [-0.2, 0) is 31.4 Å². The van der Waals surface area contributed by atoms with Crippen molar-refractivity contribution in [1.29, 1.82) is 0 Å². The fourth-order valence-electron chi connectivity index (χ4n) is 5.71. The van der Waals surface area contributed by atoms with Gasteiger partial charge in [0.25, 0.3) is 15.9 Å². The SMILES string of the molecule is CCCCC1=NC2(CCCC2)C(=O)N1Cc1ccc(-c2ccccc2S(=O)(=O)Nc2noc(C)c2C)c(NS(C)(=O)=O)c1. The van der Waals surface area contributed by atoms with Gasteiger partial charge in [0.1, 0.15) is 17.1 Å². The summed E-state index contributed by atoms with van der Waals surface area (Å²) in [5.41, 5.74) is 1.42. The molecule has 0 atom stereocenters. The van der Waals surface area contributed by atoms with Gasteiger partial charge in [-0.2, -0.15) is 0 Å². The van der Waals surface area contributed by atoms with Gasteiger partial charge in [0.15, 0.2) is 5.82 Å². The van der Waals surface area contributed by atoms with Crippen LogP contribution in [0.5, 0.6) is 0 Å². The van der Waals surface area contributed by atoms with E-state index in [9.17, 15) is 21.6 Å². The van der Waals surface area contributed by atoms with Crippen molar-refractivity contribution in [3.8, 4) is 11.1 Å². The van der Waals surface area contributed by atoms with Crippen molar-refractivity contribution in [1.82, 2.24) is 10.1 Å². The topological polar surface area (TPSA) is 151 Å². The van der Waals surface area contributed by atoms with Crippen LogP contribution in [0.1, 0.15) is 68.8 Å². The maximum Gasteiger partial charge on any atom is 0.263 e. The number of unbranched alkanes of at least 4 members (excludes halogenated alkanes) is 1. The number of rotatable bonds is 11. The summed E-state index contributed by atoms with van der Waals surface area (Å²) in [6.45, 7) is 5.70. The summed E-state index contributed by atoms with van der Waals surface area (Å²) in [6.07, 6.45) is 7.02. The van der Waals surface area contributed by atoms with Crippen LogP contribution >= 0.6 is 0 Å². The summed E-state index contributed by atoms with van der Waals surface area (Å²) < 4.78 is 62.1. The molecule has 2 aliphatic rings. The molecule has 13 heteroatoms. The maximum absolute atomic E-state index is 13.7. The van der Waals surface area contributed by atoms with Gasteiger partial charge in [-0.3, -0.25) is 24.1 Å². The molecule has 230 valence electrons. The van der Waals surface area contributed by atoms with Gasteiger partial charge in [-0.1, -0.05) is 61.7 Å². The fourth-order valence-corrected chi connectivity index (χ4v) is 7.56. The molecule has 0 bridgehead atoms. The van der Waals surface area contributed by atoms with Gasteiger partial charge >= 0.3 is 0 Å². The Bertz CT molecular complexity index is 1790. The zero-order valence-corrected chi connectivity index (χ0v) is 26.4. The Morgan fingerprint density at radius 2 is 1.72 bits per heavy atom. The third-order valence-corrected chi connectivity index (χ3v) is 10.0. The third-order valence-electron chi connectivity index (χ3n) is 8.06. The number of nitrogens with one attached hydrogen (secondary N) is 2. The number of sulfonamides is 2. The van der Waals surface area contributed by atoms with Crippen molar-refractivity contribution in [3.05, 3.63) is 59.4 Å². The first-order valence-electron chi connectivity index (χ1n) is 14.4. The van der Waals surface area contributed by atoms with Gasteiger partial charge in [0, 0.05) is 23.1 Å². The van der Waals surface area contributed by atoms with Crippen LogP contribution < -0.4 is 9.44 Å². The zero-order chi connectivity index (χ0) is 31.0. The first-order valence-corrected chi connectivity index (χ1v) is 17.8. The summed E-state index contributed by atoms with van der Waals surface area (Å²) in [6, 6.07) is 11.4. The third kappa shape index (κ3) is 6.32. The molecule has 0 saturated heterocycles. The molecule has 2 aromatic carbocycles. The molecule has 1 fully saturated rings. The van der Waals surface area contributed by atoms with Gasteiger partial charge < -0.3 is 4.52 Å². The average Bonchev–Trinajstić information content (AvgIpc) is 3.62.